The van der Waals surface area contributed by atoms with Gasteiger partial charge in [-0.2, -0.15) is 0 Å². The van der Waals surface area contributed by atoms with Crippen LogP contribution in [0.5, 0.6) is 0 Å². The number of quaternary nitrogens is 1. The van der Waals surface area contributed by atoms with E-state index in [4.69, 9.17) is 10.2 Å². The van der Waals surface area contributed by atoms with Gasteiger partial charge in [-0.25, -0.2) is 0 Å². The Morgan fingerprint density at radius 1 is 0.643 bits per heavy atom. The minimum Gasteiger partial charge on any atom is -0.550 e. The molecule has 0 aliphatic rings. The van der Waals surface area contributed by atoms with Crippen molar-refractivity contribution in [1.82, 2.24) is 0 Å². The van der Waals surface area contributed by atoms with Gasteiger partial charge in [0.25, 0.3) is 0 Å². The van der Waals surface area contributed by atoms with Gasteiger partial charge in [-0.05, 0) is 12.8 Å². The predicted octanol–water partition coefficient (Wildman–Crippen LogP) is 2.81. The fraction of sp³-hybridized carbons (Fsp3) is 0.857. The molecule has 7 heteroatoms. The van der Waals surface area contributed by atoms with Crippen LogP contribution in [-0.4, -0.2) is 58.8 Å². The quantitative estimate of drug-likeness (QED) is 0.239. The lowest BCUT2D eigenvalue weighted by atomic mass is 10.1. The summed E-state index contributed by atoms with van der Waals surface area (Å²) in [4.78, 5) is 32.9. The molecule has 164 valence electrons. The van der Waals surface area contributed by atoms with Gasteiger partial charge in [0.15, 0.2) is 0 Å². The number of carbonyl (C=O) groups excluding carboxylic acids is 1. The summed E-state index contributed by atoms with van der Waals surface area (Å²) in [5.74, 6) is -3.08. The van der Waals surface area contributed by atoms with Crippen LogP contribution in [0.4, 0.5) is 0 Å². The fourth-order valence-corrected chi connectivity index (χ4v) is 3.60. The normalized spacial score (nSPS) is 11.5. The van der Waals surface area contributed by atoms with Crippen molar-refractivity contribution in [2.75, 3.05) is 26.2 Å². The molecule has 0 radical (unpaired) electrons. The molecule has 2 N–H and O–H groups in total. The van der Waals surface area contributed by atoms with Crippen LogP contribution in [-0.2, 0) is 14.4 Å². The van der Waals surface area contributed by atoms with Gasteiger partial charge in [-0.1, -0.05) is 58.3 Å². The van der Waals surface area contributed by atoms with Crippen LogP contribution in [0.1, 0.15) is 90.4 Å². The van der Waals surface area contributed by atoms with E-state index >= 15 is 0 Å². The fourth-order valence-electron chi connectivity index (χ4n) is 3.60. The van der Waals surface area contributed by atoms with Crippen molar-refractivity contribution in [1.29, 1.82) is 0 Å². The van der Waals surface area contributed by atoms with Crippen molar-refractivity contribution >= 4 is 17.9 Å². The van der Waals surface area contributed by atoms with Crippen molar-refractivity contribution in [2.24, 2.45) is 0 Å². The Morgan fingerprint density at radius 3 is 1.43 bits per heavy atom. The number of hydrogen-bond acceptors (Lipinski definition) is 4. The van der Waals surface area contributed by atoms with Gasteiger partial charge < -0.3 is 24.6 Å². The number of carboxylic acid groups (broad SMARTS) is 3. The highest BCUT2D eigenvalue weighted by molar-refractivity contribution is 5.67. The van der Waals surface area contributed by atoms with E-state index in [9.17, 15) is 19.5 Å². The molecule has 0 bridgehead atoms. The van der Waals surface area contributed by atoms with Crippen molar-refractivity contribution in [3.05, 3.63) is 0 Å². The summed E-state index contributed by atoms with van der Waals surface area (Å²) in [6.07, 6.45) is 11.4. The van der Waals surface area contributed by atoms with Crippen molar-refractivity contribution in [3.8, 4) is 0 Å². The lowest BCUT2D eigenvalue weighted by molar-refractivity contribution is -0.927. The largest absolute Gasteiger partial charge is 0.550 e. The highest BCUT2D eigenvalue weighted by atomic mass is 16.4. The number of unbranched alkanes of at least 4 members (excludes halogenated alkanes) is 9. The highest BCUT2D eigenvalue weighted by Crippen LogP contribution is 2.16. The zero-order chi connectivity index (χ0) is 21.3. The Morgan fingerprint density at radius 2 is 1.04 bits per heavy atom. The minimum absolute atomic E-state index is 0.0928. The van der Waals surface area contributed by atoms with Crippen molar-refractivity contribution < 1.29 is 34.2 Å². The number of carbonyl (C=O) groups is 3. The van der Waals surface area contributed by atoms with E-state index in [1.165, 1.54) is 44.9 Å². The minimum atomic E-state index is -1.18. The molecule has 0 unspecified atom stereocenters. The van der Waals surface area contributed by atoms with Crippen LogP contribution in [0.2, 0.25) is 0 Å². The summed E-state index contributed by atoms with van der Waals surface area (Å²) in [5, 5.41) is 29.0. The predicted molar refractivity (Wildman–Crippen MR) is 106 cm³/mol. The molecule has 0 rings (SSSR count). The number of hydrogen-bond donors (Lipinski definition) is 2. The molecule has 0 aromatic carbocycles. The van der Waals surface area contributed by atoms with Crippen LogP contribution in [0.15, 0.2) is 0 Å². The molecule has 7 nitrogen and oxygen atoms in total. The first kappa shape index (κ1) is 26.4. The second kappa shape index (κ2) is 16.3. The Hall–Kier alpha value is -1.63. The molecule has 0 saturated heterocycles. The number of nitrogens with zero attached hydrogens (tertiary/aromatic N) is 1. The van der Waals surface area contributed by atoms with E-state index in [1.807, 2.05) is 0 Å². The van der Waals surface area contributed by atoms with Gasteiger partial charge in [0.1, 0.15) is 0 Å². The van der Waals surface area contributed by atoms with E-state index in [0.29, 0.717) is 6.54 Å². The first-order chi connectivity index (χ1) is 13.3. The molecular weight excluding hydrogens is 362 g/mol. The summed E-state index contributed by atoms with van der Waals surface area (Å²) in [6, 6.07) is 0. The van der Waals surface area contributed by atoms with Gasteiger partial charge in [0.05, 0.1) is 39.0 Å². The number of carboxylic acids is 3. The van der Waals surface area contributed by atoms with E-state index in [-0.39, 0.29) is 43.4 Å². The molecule has 0 fully saturated rings. The molecule has 0 atom stereocenters. The average Bonchev–Trinajstić information content (AvgIpc) is 2.63. The molecule has 0 aromatic heterocycles. The van der Waals surface area contributed by atoms with Crippen LogP contribution in [0, 0.1) is 0 Å². The molecule has 0 aromatic rings. The molecule has 28 heavy (non-hydrogen) atoms. The van der Waals surface area contributed by atoms with E-state index < -0.39 is 17.9 Å². The zero-order valence-electron chi connectivity index (χ0n) is 17.5. The summed E-state index contributed by atoms with van der Waals surface area (Å²) in [5.41, 5.74) is 0. The van der Waals surface area contributed by atoms with Gasteiger partial charge in [-0.15, -0.1) is 0 Å². The lowest BCUT2D eigenvalue weighted by Crippen LogP contribution is -2.53. The Bertz CT molecular complexity index is 407. The van der Waals surface area contributed by atoms with Gasteiger partial charge in [0.2, 0.25) is 0 Å². The van der Waals surface area contributed by atoms with Crippen molar-refractivity contribution in [3.63, 3.8) is 0 Å². The first-order valence-electron chi connectivity index (χ1n) is 10.8. The van der Waals surface area contributed by atoms with Crippen LogP contribution in [0.25, 0.3) is 0 Å². The topological polar surface area (TPSA) is 115 Å². The molecule has 0 aliphatic carbocycles. The number of aliphatic carboxylic acids is 3. The van der Waals surface area contributed by atoms with Crippen LogP contribution >= 0.6 is 0 Å². The molecule has 0 amide bonds. The second-order valence-electron chi connectivity index (χ2n) is 7.83. The third-order valence-corrected chi connectivity index (χ3v) is 5.38. The van der Waals surface area contributed by atoms with E-state index in [0.717, 1.165) is 19.3 Å². The van der Waals surface area contributed by atoms with Gasteiger partial charge in [0, 0.05) is 12.4 Å². The summed E-state index contributed by atoms with van der Waals surface area (Å²) in [6.45, 7) is 3.56. The maximum atomic E-state index is 11.0. The Kier molecular flexibility index (Phi) is 15.4. The maximum absolute atomic E-state index is 11.0. The van der Waals surface area contributed by atoms with Crippen LogP contribution < -0.4 is 5.11 Å². The smallest absolute Gasteiger partial charge is 0.309 e. The third kappa shape index (κ3) is 15.4. The lowest BCUT2D eigenvalue weighted by Gasteiger charge is -2.38. The van der Waals surface area contributed by atoms with Crippen molar-refractivity contribution in [2.45, 2.75) is 90.4 Å². The standard InChI is InChI=1S/C21H39NO6/c1-2-3-4-5-6-7-8-9-10-11-15-22(16-12-19(23)24,17-13-20(25)26)18-14-21(27)28/h2-18H2,1H3,(H2-,23,24,25,26,27,28). The molecule has 0 spiro atoms. The molecule has 0 heterocycles. The zero-order valence-corrected chi connectivity index (χ0v) is 17.5. The summed E-state index contributed by atoms with van der Waals surface area (Å²) >= 11 is 0. The highest BCUT2D eigenvalue weighted by Gasteiger charge is 2.28. The SMILES string of the molecule is CCCCCCCCCCCC[N+](CCC(=O)[O-])(CCC(=O)O)CCC(=O)O. The van der Waals surface area contributed by atoms with E-state index in [2.05, 4.69) is 6.92 Å². The summed E-state index contributed by atoms with van der Waals surface area (Å²) < 4.78 is 0.226. The Labute approximate surface area is 169 Å². The van der Waals surface area contributed by atoms with Gasteiger partial charge in [-0.3, -0.25) is 9.59 Å². The first-order valence-corrected chi connectivity index (χ1v) is 10.8. The van der Waals surface area contributed by atoms with Gasteiger partial charge >= 0.3 is 11.9 Å². The molecule has 0 saturated carbocycles. The molecule has 0 aliphatic heterocycles. The monoisotopic (exact) mass is 401 g/mol. The maximum Gasteiger partial charge on any atom is 0.309 e. The summed E-state index contributed by atoms with van der Waals surface area (Å²) in [7, 11) is 0. The van der Waals surface area contributed by atoms with Crippen LogP contribution in [0.3, 0.4) is 0 Å². The average molecular weight is 402 g/mol. The second-order valence-corrected chi connectivity index (χ2v) is 7.83. The number of rotatable bonds is 20. The Balaban J connectivity index is 4.44. The molecular formula is C21H39NO6. The third-order valence-electron chi connectivity index (χ3n) is 5.38. The van der Waals surface area contributed by atoms with E-state index in [1.54, 1.807) is 0 Å².